The average molecular weight is 1250 g/mol. The van der Waals surface area contributed by atoms with Crippen LogP contribution >= 0.6 is 7.82 Å². The van der Waals surface area contributed by atoms with Crippen molar-refractivity contribution in [3.05, 3.63) is 85.1 Å². The number of carbonyl (C=O) groups excluding carboxylic acids is 2. The molecule has 512 valence electrons. The van der Waals surface area contributed by atoms with Gasteiger partial charge in [-0.3, -0.25) is 18.6 Å². The maximum Gasteiger partial charge on any atom is 0.472 e. The molecule has 0 aliphatic heterocycles. The number of ether oxygens (including phenoxy) is 2. The molecule has 3 N–H and O–H groups in total. The van der Waals surface area contributed by atoms with Gasteiger partial charge in [-0.05, 0) is 70.6 Å². The number of esters is 2. The Balaban J connectivity index is 3.83. The summed E-state index contributed by atoms with van der Waals surface area (Å²) in [5, 5.41) is 0. The van der Waals surface area contributed by atoms with Gasteiger partial charge in [-0.25, -0.2) is 4.57 Å². The largest absolute Gasteiger partial charge is 0.472 e. The maximum atomic E-state index is 12.8. The molecule has 0 radical (unpaired) electrons. The number of nitrogens with two attached hydrogens (primary N) is 1. The smallest absolute Gasteiger partial charge is 0.462 e. The standard InChI is InChI=1S/C78H142NO8P/c1-3-5-7-9-11-13-15-17-19-21-23-25-27-29-31-33-35-36-37-38-39-40-41-43-45-47-49-51-53-55-57-59-61-63-65-67-69-71-78(81)87-76(75-86-88(82,83)85-73-72-79)74-84-77(80)70-68-66-64-62-60-58-56-54-52-50-48-46-44-42-34-32-30-28-26-24-22-20-18-16-14-12-10-8-6-4-2/h5,7,11,13,17,19,23,25,29,31,35-36,38-39,76H,3-4,6,8-10,12,14-16,18,20-22,24,26-28,30,32-34,37,40-75,79H2,1-2H3,(H,82,83)/b7-5-,13-11-,19-17-,25-23-,31-29-,36-35-,39-38-. The fourth-order valence-corrected chi connectivity index (χ4v) is 11.8. The Morgan fingerprint density at radius 1 is 0.352 bits per heavy atom. The van der Waals surface area contributed by atoms with E-state index in [4.69, 9.17) is 24.3 Å². The molecule has 9 nitrogen and oxygen atoms in total. The molecule has 0 aromatic rings. The van der Waals surface area contributed by atoms with Crippen molar-refractivity contribution < 1.29 is 37.6 Å². The third-order valence-electron chi connectivity index (χ3n) is 16.5. The molecule has 88 heavy (non-hydrogen) atoms. The Kier molecular flexibility index (Phi) is 70.9. The number of rotatable bonds is 71. The van der Waals surface area contributed by atoms with Crippen molar-refractivity contribution in [3.8, 4) is 0 Å². The highest BCUT2D eigenvalue weighted by atomic mass is 31.2. The molecule has 0 saturated heterocycles. The maximum absolute atomic E-state index is 12.8. The molecule has 0 aromatic heterocycles. The second-order valence-corrected chi connectivity index (χ2v) is 26.6. The number of phosphoric ester groups is 1. The van der Waals surface area contributed by atoms with E-state index in [9.17, 15) is 19.0 Å². The van der Waals surface area contributed by atoms with Crippen LogP contribution in [0.5, 0.6) is 0 Å². The van der Waals surface area contributed by atoms with Crippen LogP contribution in [-0.4, -0.2) is 49.3 Å². The van der Waals surface area contributed by atoms with E-state index in [2.05, 4.69) is 98.9 Å². The molecule has 0 aliphatic carbocycles. The Hall–Kier alpha value is -2.81. The minimum atomic E-state index is -4.40. The highest BCUT2D eigenvalue weighted by Gasteiger charge is 2.26. The van der Waals surface area contributed by atoms with Crippen LogP contribution < -0.4 is 5.73 Å². The summed E-state index contributed by atoms with van der Waals surface area (Å²) >= 11 is 0. The molecule has 0 spiro atoms. The van der Waals surface area contributed by atoms with Crippen molar-refractivity contribution in [1.82, 2.24) is 0 Å². The van der Waals surface area contributed by atoms with E-state index in [1.165, 1.54) is 250 Å². The highest BCUT2D eigenvalue weighted by molar-refractivity contribution is 7.47. The Labute approximate surface area is 544 Å². The van der Waals surface area contributed by atoms with Crippen LogP contribution in [0.1, 0.15) is 367 Å². The first kappa shape index (κ1) is 85.2. The average Bonchev–Trinajstić information content (AvgIpc) is 3.60. The molecule has 0 fully saturated rings. The molecule has 0 rings (SSSR count). The zero-order chi connectivity index (χ0) is 63.7. The van der Waals surface area contributed by atoms with Gasteiger partial charge in [0.25, 0.3) is 0 Å². The van der Waals surface area contributed by atoms with Crippen LogP contribution in [0, 0.1) is 0 Å². The summed E-state index contributed by atoms with van der Waals surface area (Å²) in [7, 11) is -4.40. The summed E-state index contributed by atoms with van der Waals surface area (Å²) in [4.78, 5) is 35.4. The monoisotopic (exact) mass is 1250 g/mol. The van der Waals surface area contributed by atoms with Gasteiger partial charge in [0.15, 0.2) is 6.10 Å². The molecule has 0 aromatic carbocycles. The predicted octanol–water partition coefficient (Wildman–Crippen LogP) is 24.9. The second-order valence-electron chi connectivity index (χ2n) is 25.1. The molecule has 0 amide bonds. The summed E-state index contributed by atoms with van der Waals surface area (Å²) in [6, 6.07) is 0. The lowest BCUT2D eigenvalue weighted by atomic mass is 10.0. The van der Waals surface area contributed by atoms with Gasteiger partial charge in [-0.15, -0.1) is 0 Å². The number of phosphoric acid groups is 1. The molecule has 0 bridgehead atoms. The lowest BCUT2D eigenvalue weighted by Crippen LogP contribution is -2.29. The quantitative estimate of drug-likeness (QED) is 0.0264. The van der Waals surface area contributed by atoms with Crippen molar-refractivity contribution in [1.29, 1.82) is 0 Å². The zero-order valence-corrected chi connectivity index (χ0v) is 58.6. The van der Waals surface area contributed by atoms with Crippen LogP contribution in [0.25, 0.3) is 0 Å². The molecule has 0 aliphatic rings. The summed E-state index contributed by atoms with van der Waals surface area (Å²) in [5.41, 5.74) is 5.41. The lowest BCUT2D eigenvalue weighted by molar-refractivity contribution is -0.161. The number of hydrogen-bond acceptors (Lipinski definition) is 8. The van der Waals surface area contributed by atoms with Crippen LogP contribution in [0.2, 0.25) is 0 Å². The van der Waals surface area contributed by atoms with Crippen molar-refractivity contribution in [2.45, 2.75) is 373 Å². The first-order valence-electron chi connectivity index (χ1n) is 37.6. The van der Waals surface area contributed by atoms with Gasteiger partial charge in [0.05, 0.1) is 13.2 Å². The van der Waals surface area contributed by atoms with E-state index < -0.39 is 26.5 Å². The first-order valence-corrected chi connectivity index (χ1v) is 39.1. The van der Waals surface area contributed by atoms with E-state index in [0.717, 1.165) is 83.5 Å². The van der Waals surface area contributed by atoms with Crippen molar-refractivity contribution in [2.24, 2.45) is 5.73 Å². The van der Waals surface area contributed by atoms with E-state index in [1.54, 1.807) is 0 Å². The summed E-state index contributed by atoms with van der Waals surface area (Å²) in [6.07, 6.45) is 98.4. The third kappa shape index (κ3) is 72.3. The van der Waals surface area contributed by atoms with Crippen LogP contribution in [0.15, 0.2) is 85.1 Å². The highest BCUT2D eigenvalue weighted by Crippen LogP contribution is 2.43. The fraction of sp³-hybridized carbons (Fsp3) is 0.795. The Bertz CT molecular complexity index is 1720. The molecule has 2 unspecified atom stereocenters. The SMILES string of the molecule is CC/C=C\C/C=C\C/C=C\C/C=C\C/C=C\C/C=C\C/C=C\CCCCCCCCCCCCCCCCCC(=O)OC(COC(=O)CCCCCCCCCCCCCCCCCCCCCCCCCCCCCCCC)COP(=O)(O)OCCN. The van der Waals surface area contributed by atoms with Crippen LogP contribution in [0.4, 0.5) is 0 Å². The van der Waals surface area contributed by atoms with E-state index in [0.29, 0.717) is 6.42 Å². The number of carbonyl (C=O) groups is 2. The third-order valence-corrected chi connectivity index (χ3v) is 17.5. The summed E-state index contributed by atoms with van der Waals surface area (Å²) in [5.74, 6) is -0.811. The summed E-state index contributed by atoms with van der Waals surface area (Å²) < 4.78 is 33.2. The van der Waals surface area contributed by atoms with Crippen LogP contribution in [0.3, 0.4) is 0 Å². The van der Waals surface area contributed by atoms with E-state index in [1.807, 2.05) is 0 Å². The van der Waals surface area contributed by atoms with Gasteiger partial charge in [-0.2, -0.15) is 0 Å². The number of unbranched alkanes of at least 4 members (excludes halogenated alkanes) is 44. The van der Waals surface area contributed by atoms with Gasteiger partial charge < -0.3 is 20.1 Å². The number of hydrogen-bond donors (Lipinski definition) is 2. The predicted molar refractivity (Wildman–Crippen MR) is 381 cm³/mol. The summed E-state index contributed by atoms with van der Waals surface area (Å²) in [6.45, 7) is 3.69. The Morgan fingerprint density at radius 3 is 0.932 bits per heavy atom. The van der Waals surface area contributed by atoms with Crippen molar-refractivity contribution >= 4 is 19.8 Å². The van der Waals surface area contributed by atoms with Gasteiger partial charge in [0, 0.05) is 19.4 Å². The molecule has 0 saturated carbocycles. The van der Waals surface area contributed by atoms with E-state index in [-0.39, 0.29) is 38.6 Å². The van der Waals surface area contributed by atoms with Crippen LogP contribution in [-0.2, 0) is 32.7 Å². The zero-order valence-electron chi connectivity index (χ0n) is 57.7. The van der Waals surface area contributed by atoms with Gasteiger partial charge in [0.2, 0.25) is 0 Å². The lowest BCUT2D eigenvalue weighted by Gasteiger charge is -2.19. The minimum absolute atomic E-state index is 0.0532. The second kappa shape index (κ2) is 73.2. The van der Waals surface area contributed by atoms with Crippen molar-refractivity contribution in [2.75, 3.05) is 26.4 Å². The van der Waals surface area contributed by atoms with Gasteiger partial charge in [0.1, 0.15) is 6.61 Å². The molecule has 2 atom stereocenters. The van der Waals surface area contributed by atoms with Crippen molar-refractivity contribution in [3.63, 3.8) is 0 Å². The van der Waals surface area contributed by atoms with Gasteiger partial charge in [-0.1, -0.05) is 369 Å². The van der Waals surface area contributed by atoms with E-state index >= 15 is 0 Å². The van der Waals surface area contributed by atoms with Gasteiger partial charge >= 0.3 is 19.8 Å². The minimum Gasteiger partial charge on any atom is -0.462 e. The molecular formula is C78H142NO8P. The fourth-order valence-electron chi connectivity index (χ4n) is 11.0. The first-order chi connectivity index (χ1) is 43.3. The number of allylic oxidation sites excluding steroid dienone is 14. The Morgan fingerprint density at radius 2 is 0.625 bits per heavy atom. The molecule has 0 heterocycles. The molecular weight excluding hydrogens is 1110 g/mol. The topological polar surface area (TPSA) is 134 Å². The molecule has 10 heteroatoms. The normalized spacial score (nSPS) is 13.4.